The third kappa shape index (κ3) is 4.52. The number of hydrogen-bond acceptors (Lipinski definition) is 4. The molecule has 0 saturated heterocycles. The maximum atomic E-state index is 12.0. The molecule has 0 heterocycles. The van der Waals surface area contributed by atoms with E-state index in [1.807, 2.05) is 0 Å². The zero-order chi connectivity index (χ0) is 15.5. The maximum absolute atomic E-state index is 12.0. The van der Waals surface area contributed by atoms with Gasteiger partial charge in [0.1, 0.15) is 5.60 Å². The first-order valence-corrected chi connectivity index (χ1v) is 6.79. The maximum Gasteiger partial charge on any atom is 0.414 e. The molecule has 20 heavy (non-hydrogen) atoms. The molecule has 6 heteroatoms. The number of amides is 1. The van der Waals surface area contributed by atoms with E-state index >= 15 is 0 Å². The van der Waals surface area contributed by atoms with Crippen LogP contribution in [-0.2, 0) is 9.47 Å². The summed E-state index contributed by atoms with van der Waals surface area (Å²) in [6, 6.07) is 4.91. The minimum Gasteiger partial charge on any atom is -0.465 e. The highest BCUT2D eigenvalue weighted by atomic mass is 79.9. The SMILES string of the molecule is COC(=O)c1cc(Br)cc(N(C)C(=O)OC(C)(C)C)c1. The largest absolute Gasteiger partial charge is 0.465 e. The number of carbonyl (C=O) groups excluding carboxylic acids is 2. The van der Waals surface area contributed by atoms with Crippen LogP contribution in [0.2, 0.25) is 0 Å². The van der Waals surface area contributed by atoms with Crippen molar-refractivity contribution in [1.82, 2.24) is 0 Å². The van der Waals surface area contributed by atoms with Crippen molar-refractivity contribution < 1.29 is 19.1 Å². The highest BCUT2D eigenvalue weighted by molar-refractivity contribution is 9.10. The summed E-state index contributed by atoms with van der Waals surface area (Å²) in [7, 11) is 2.89. The van der Waals surface area contributed by atoms with Gasteiger partial charge in [0, 0.05) is 17.2 Å². The number of carbonyl (C=O) groups is 2. The second-order valence-electron chi connectivity index (χ2n) is 5.23. The highest BCUT2D eigenvalue weighted by Gasteiger charge is 2.21. The van der Waals surface area contributed by atoms with E-state index in [0.29, 0.717) is 15.7 Å². The van der Waals surface area contributed by atoms with Gasteiger partial charge in [-0.1, -0.05) is 15.9 Å². The Balaban J connectivity index is 3.04. The third-order valence-corrected chi connectivity index (χ3v) is 2.82. The van der Waals surface area contributed by atoms with Gasteiger partial charge in [-0.25, -0.2) is 9.59 Å². The number of esters is 1. The van der Waals surface area contributed by atoms with Crippen molar-refractivity contribution in [3.05, 3.63) is 28.2 Å². The molecule has 0 spiro atoms. The molecule has 1 aromatic carbocycles. The van der Waals surface area contributed by atoms with E-state index in [2.05, 4.69) is 20.7 Å². The summed E-state index contributed by atoms with van der Waals surface area (Å²) in [5.41, 5.74) is 0.309. The topological polar surface area (TPSA) is 55.8 Å². The van der Waals surface area contributed by atoms with Gasteiger partial charge in [0.05, 0.1) is 12.7 Å². The van der Waals surface area contributed by atoms with Crippen molar-refractivity contribution in [3.8, 4) is 0 Å². The van der Waals surface area contributed by atoms with E-state index in [1.165, 1.54) is 12.0 Å². The van der Waals surface area contributed by atoms with Gasteiger partial charge >= 0.3 is 12.1 Å². The lowest BCUT2D eigenvalue weighted by Crippen LogP contribution is -2.34. The van der Waals surface area contributed by atoms with Crippen LogP contribution >= 0.6 is 15.9 Å². The Kier molecular flexibility index (Phi) is 5.16. The molecule has 0 aliphatic carbocycles. The summed E-state index contributed by atoms with van der Waals surface area (Å²) >= 11 is 3.30. The monoisotopic (exact) mass is 343 g/mol. The molecule has 0 fully saturated rings. The van der Waals surface area contributed by atoms with E-state index in [-0.39, 0.29) is 0 Å². The Labute approximate surface area is 127 Å². The fourth-order valence-electron chi connectivity index (χ4n) is 1.44. The molecule has 0 aromatic heterocycles. The highest BCUT2D eigenvalue weighted by Crippen LogP contribution is 2.24. The number of rotatable bonds is 2. The predicted molar refractivity (Wildman–Crippen MR) is 80.1 cm³/mol. The van der Waals surface area contributed by atoms with Gasteiger partial charge in [0.2, 0.25) is 0 Å². The average Bonchev–Trinajstić information content (AvgIpc) is 2.34. The molecule has 1 rings (SSSR count). The molecular formula is C14H18BrNO4. The number of anilines is 1. The van der Waals surface area contributed by atoms with Gasteiger partial charge in [-0.2, -0.15) is 0 Å². The Bertz CT molecular complexity index is 522. The number of halogens is 1. The van der Waals surface area contributed by atoms with E-state index in [1.54, 1.807) is 46.0 Å². The molecule has 1 aromatic rings. The van der Waals surface area contributed by atoms with E-state index in [4.69, 9.17) is 4.74 Å². The van der Waals surface area contributed by atoms with Gasteiger partial charge in [-0.05, 0) is 39.0 Å². The third-order valence-electron chi connectivity index (χ3n) is 2.36. The summed E-state index contributed by atoms with van der Waals surface area (Å²) in [5.74, 6) is -0.467. The predicted octanol–water partition coefficient (Wildman–Crippen LogP) is 3.61. The van der Waals surface area contributed by atoms with Crippen molar-refractivity contribution in [1.29, 1.82) is 0 Å². The molecule has 110 valence electrons. The van der Waals surface area contributed by atoms with Crippen molar-refractivity contribution in [2.45, 2.75) is 26.4 Å². The number of hydrogen-bond donors (Lipinski definition) is 0. The second-order valence-corrected chi connectivity index (χ2v) is 6.14. The van der Waals surface area contributed by atoms with Crippen molar-refractivity contribution in [3.63, 3.8) is 0 Å². The Hall–Kier alpha value is -1.56. The van der Waals surface area contributed by atoms with E-state index < -0.39 is 17.7 Å². The van der Waals surface area contributed by atoms with Crippen LogP contribution in [0.15, 0.2) is 22.7 Å². The van der Waals surface area contributed by atoms with Crippen molar-refractivity contribution in [2.75, 3.05) is 19.1 Å². The van der Waals surface area contributed by atoms with E-state index in [9.17, 15) is 9.59 Å². The summed E-state index contributed by atoms with van der Waals surface area (Å²) in [5, 5.41) is 0. The second kappa shape index (κ2) is 6.26. The number of nitrogens with zero attached hydrogens (tertiary/aromatic N) is 1. The standard InChI is InChI=1S/C14H18BrNO4/c1-14(2,3)20-13(18)16(4)11-7-9(12(17)19-5)6-10(15)8-11/h6-8H,1-5H3. The van der Waals surface area contributed by atoms with Crippen LogP contribution in [0, 0.1) is 0 Å². The number of ether oxygens (including phenoxy) is 2. The smallest absolute Gasteiger partial charge is 0.414 e. The lowest BCUT2D eigenvalue weighted by Gasteiger charge is -2.25. The lowest BCUT2D eigenvalue weighted by atomic mass is 10.2. The van der Waals surface area contributed by atoms with Crippen LogP contribution < -0.4 is 4.90 Å². The first-order valence-electron chi connectivity index (χ1n) is 5.99. The molecule has 0 aliphatic rings. The molecule has 5 nitrogen and oxygen atoms in total. The fraction of sp³-hybridized carbons (Fsp3) is 0.429. The quantitative estimate of drug-likeness (QED) is 0.769. The van der Waals surface area contributed by atoms with Gasteiger partial charge < -0.3 is 9.47 Å². The van der Waals surface area contributed by atoms with Crippen molar-refractivity contribution in [2.24, 2.45) is 0 Å². The molecular weight excluding hydrogens is 326 g/mol. The first kappa shape index (κ1) is 16.5. The molecule has 0 aliphatic heterocycles. The lowest BCUT2D eigenvalue weighted by molar-refractivity contribution is 0.0580. The minimum absolute atomic E-state index is 0.354. The van der Waals surface area contributed by atoms with Gasteiger partial charge in [-0.15, -0.1) is 0 Å². The Morgan fingerprint density at radius 1 is 1.20 bits per heavy atom. The zero-order valence-electron chi connectivity index (χ0n) is 12.2. The van der Waals surface area contributed by atoms with Gasteiger partial charge in [0.25, 0.3) is 0 Å². The Morgan fingerprint density at radius 3 is 2.30 bits per heavy atom. The number of benzene rings is 1. The molecule has 0 N–H and O–H groups in total. The van der Waals surface area contributed by atoms with Crippen LogP contribution in [0.1, 0.15) is 31.1 Å². The summed E-state index contributed by atoms with van der Waals surface area (Å²) in [4.78, 5) is 24.9. The van der Waals surface area contributed by atoms with Crippen molar-refractivity contribution >= 4 is 33.7 Å². The first-order chi connectivity index (χ1) is 9.14. The summed E-state index contributed by atoms with van der Waals surface area (Å²) in [6.45, 7) is 5.37. The average molecular weight is 344 g/mol. The molecule has 0 radical (unpaired) electrons. The summed E-state index contributed by atoms with van der Waals surface area (Å²) < 4.78 is 10.6. The van der Waals surface area contributed by atoms with Crippen LogP contribution in [0.25, 0.3) is 0 Å². The van der Waals surface area contributed by atoms with E-state index in [0.717, 1.165) is 0 Å². The molecule has 0 saturated carbocycles. The van der Waals surface area contributed by atoms with Gasteiger partial charge in [-0.3, -0.25) is 4.90 Å². The summed E-state index contributed by atoms with van der Waals surface area (Å²) in [6.07, 6.45) is -0.494. The van der Waals surface area contributed by atoms with Crippen LogP contribution in [0.5, 0.6) is 0 Å². The fourth-order valence-corrected chi connectivity index (χ4v) is 1.92. The Morgan fingerprint density at radius 2 is 1.80 bits per heavy atom. The molecule has 0 unspecified atom stereocenters. The normalized spacial score (nSPS) is 10.9. The molecule has 0 atom stereocenters. The molecule has 1 amide bonds. The molecule has 0 bridgehead atoms. The minimum atomic E-state index is -0.581. The number of methoxy groups -OCH3 is 1. The van der Waals surface area contributed by atoms with Crippen LogP contribution in [-0.4, -0.2) is 31.8 Å². The van der Waals surface area contributed by atoms with Gasteiger partial charge in [0.15, 0.2) is 0 Å². The van der Waals surface area contributed by atoms with Crippen LogP contribution in [0.4, 0.5) is 10.5 Å². The van der Waals surface area contributed by atoms with Crippen LogP contribution in [0.3, 0.4) is 0 Å². The zero-order valence-corrected chi connectivity index (χ0v) is 13.8.